The van der Waals surface area contributed by atoms with E-state index in [-0.39, 0.29) is 17.7 Å². The maximum Gasteiger partial charge on any atom is 0.246 e. The molecule has 0 spiro atoms. The van der Waals surface area contributed by atoms with E-state index in [2.05, 4.69) is 28.1 Å². The van der Waals surface area contributed by atoms with Gasteiger partial charge in [0.25, 0.3) is 0 Å². The molecule has 1 aliphatic heterocycles. The Morgan fingerprint density at radius 2 is 1.75 bits per heavy atom. The number of carbonyl (C=O) groups excluding carboxylic acids is 1. The van der Waals surface area contributed by atoms with Crippen LogP contribution in [0.15, 0.2) is 35.5 Å². The molecular formula is C22H29BrN2O3. The summed E-state index contributed by atoms with van der Waals surface area (Å²) in [5, 5.41) is 7.57. The van der Waals surface area contributed by atoms with Crippen LogP contribution < -0.4 is 9.47 Å². The lowest BCUT2D eigenvalue weighted by Crippen LogP contribution is -2.45. The normalized spacial score (nSPS) is 21.3. The van der Waals surface area contributed by atoms with Gasteiger partial charge in [-0.3, -0.25) is 4.79 Å². The highest BCUT2D eigenvalue weighted by Gasteiger charge is 2.39. The van der Waals surface area contributed by atoms with E-state index in [4.69, 9.17) is 14.6 Å². The lowest BCUT2D eigenvalue weighted by molar-refractivity contribution is -0.137. The Kier molecular flexibility index (Phi) is 7.54. The van der Waals surface area contributed by atoms with Gasteiger partial charge in [-0.2, -0.15) is 5.10 Å². The molecule has 0 radical (unpaired) electrons. The van der Waals surface area contributed by atoms with Crippen molar-refractivity contribution in [2.45, 2.75) is 38.5 Å². The van der Waals surface area contributed by atoms with Crippen LogP contribution in [0.2, 0.25) is 0 Å². The molecular weight excluding hydrogens is 420 g/mol. The highest BCUT2D eigenvalue weighted by atomic mass is 79.9. The zero-order valence-corrected chi connectivity index (χ0v) is 18.3. The van der Waals surface area contributed by atoms with Crippen molar-refractivity contribution in [1.29, 1.82) is 0 Å². The predicted octanol–water partition coefficient (Wildman–Crippen LogP) is 4.79. The summed E-state index contributed by atoms with van der Waals surface area (Å²) in [4.78, 5) is 13.0. The minimum atomic E-state index is -0.0202. The van der Waals surface area contributed by atoms with Crippen molar-refractivity contribution >= 4 is 27.5 Å². The van der Waals surface area contributed by atoms with Gasteiger partial charge < -0.3 is 9.47 Å². The molecule has 0 fully saturated rings. The lowest BCUT2D eigenvalue weighted by atomic mass is 9.76. The summed E-state index contributed by atoms with van der Waals surface area (Å²) >= 11 is 3.47. The van der Waals surface area contributed by atoms with E-state index >= 15 is 0 Å². The average molecular weight is 449 g/mol. The Hall–Kier alpha value is -1.82. The first-order chi connectivity index (χ1) is 13.7. The van der Waals surface area contributed by atoms with Crippen LogP contribution in [0.5, 0.6) is 11.5 Å². The second-order valence-corrected chi connectivity index (χ2v) is 8.07. The molecule has 0 N–H and O–H groups in total. The van der Waals surface area contributed by atoms with Crippen LogP contribution in [-0.2, 0) is 4.79 Å². The van der Waals surface area contributed by atoms with E-state index in [1.807, 2.05) is 18.2 Å². The van der Waals surface area contributed by atoms with Gasteiger partial charge in [-0.15, -0.1) is 0 Å². The molecule has 1 aliphatic carbocycles. The number of hydrogen-bond donors (Lipinski definition) is 0. The number of nitrogens with zero attached hydrogens (tertiary/aromatic N) is 2. The van der Waals surface area contributed by atoms with Crippen LogP contribution in [0.1, 0.15) is 44.1 Å². The van der Waals surface area contributed by atoms with Crippen molar-refractivity contribution in [3.05, 3.63) is 35.9 Å². The summed E-state index contributed by atoms with van der Waals surface area (Å²) in [7, 11) is 3.27. The molecule has 152 valence electrons. The molecule has 0 bridgehead atoms. The molecule has 0 saturated heterocycles. The van der Waals surface area contributed by atoms with Gasteiger partial charge in [0, 0.05) is 23.4 Å². The van der Waals surface area contributed by atoms with Crippen molar-refractivity contribution in [2.24, 2.45) is 16.9 Å². The quantitative estimate of drug-likeness (QED) is 0.310. The van der Waals surface area contributed by atoms with Crippen LogP contribution in [0, 0.1) is 11.8 Å². The Labute approximate surface area is 175 Å². The van der Waals surface area contributed by atoms with E-state index in [9.17, 15) is 4.79 Å². The number of halogens is 1. The minimum absolute atomic E-state index is 0.0202. The average Bonchev–Trinajstić information content (AvgIpc) is 2.74. The molecule has 1 aromatic carbocycles. The highest BCUT2D eigenvalue weighted by molar-refractivity contribution is 9.09. The van der Waals surface area contributed by atoms with E-state index in [0.717, 1.165) is 42.3 Å². The fourth-order valence-electron chi connectivity index (χ4n) is 3.97. The Morgan fingerprint density at radius 1 is 1.04 bits per heavy atom. The standard InChI is InChI=1S/C22H29BrN2O3/c1-27-19-12-11-16(15-20(19)28-2)21-17-9-5-6-10-18(17)22(26)25(24-21)14-8-4-3-7-13-23/h5-6,11-12,15,17-18H,3-4,7-10,13-14H2,1-2H3/t17-,18+/m1/s1. The molecule has 6 heteroatoms. The zero-order valence-electron chi connectivity index (χ0n) is 16.7. The first kappa shape index (κ1) is 20.9. The van der Waals surface area contributed by atoms with Crippen LogP contribution >= 0.6 is 15.9 Å². The number of alkyl halides is 1. The molecule has 0 aromatic heterocycles. The number of unbranched alkanes of at least 4 members (excludes halogenated alkanes) is 3. The summed E-state index contributed by atoms with van der Waals surface area (Å²) in [6.45, 7) is 0.685. The fourth-order valence-corrected chi connectivity index (χ4v) is 4.37. The van der Waals surface area contributed by atoms with Gasteiger partial charge in [-0.25, -0.2) is 5.01 Å². The molecule has 2 atom stereocenters. The molecule has 5 nitrogen and oxygen atoms in total. The maximum absolute atomic E-state index is 13.0. The van der Waals surface area contributed by atoms with Gasteiger partial charge in [0.1, 0.15) is 0 Å². The number of hydrazone groups is 1. The van der Waals surface area contributed by atoms with Gasteiger partial charge in [0.2, 0.25) is 5.91 Å². The number of carbonyl (C=O) groups is 1. The van der Waals surface area contributed by atoms with Crippen molar-refractivity contribution in [3.63, 3.8) is 0 Å². The Bertz CT molecular complexity index is 747. The lowest BCUT2D eigenvalue weighted by Gasteiger charge is -2.37. The van der Waals surface area contributed by atoms with Crippen molar-refractivity contribution < 1.29 is 14.3 Å². The first-order valence-electron chi connectivity index (χ1n) is 10.0. The van der Waals surface area contributed by atoms with Crippen molar-refractivity contribution in [1.82, 2.24) is 5.01 Å². The van der Waals surface area contributed by atoms with Crippen LogP contribution in [0.4, 0.5) is 0 Å². The van der Waals surface area contributed by atoms with Gasteiger partial charge in [0.15, 0.2) is 11.5 Å². The summed E-state index contributed by atoms with van der Waals surface area (Å²) < 4.78 is 10.8. The number of ether oxygens (including phenoxy) is 2. The third-order valence-electron chi connectivity index (χ3n) is 5.52. The second kappa shape index (κ2) is 10.1. The Balaban J connectivity index is 1.86. The predicted molar refractivity (Wildman–Crippen MR) is 115 cm³/mol. The van der Waals surface area contributed by atoms with E-state index in [0.29, 0.717) is 18.0 Å². The molecule has 1 amide bonds. The monoisotopic (exact) mass is 448 g/mol. The molecule has 3 rings (SSSR count). The molecule has 1 heterocycles. The molecule has 28 heavy (non-hydrogen) atoms. The SMILES string of the molecule is COc1ccc(C2=NN(CCCCCCBr)C(=O)[C@H]3CC=CC[C@@H]23)cc1OC. The van der Waals surface area contributed by atoms with Crippen LogP contribution in [0.25, 0.3) is 0 Å². The smallest absolute Gasteiger partial charge is 0.246 e. The third kappa shape index (κ3) is 4.59. The Morgan fingerprint density at radius 3 is 2.46 bits per heavy atom. The van der Waals surface area contributed by atoms with Gasteiger partial charge in [0.05, 0.1) is 25.8 Å². The van der Waals surface area contributed by atoms with Crippen LogP contribution in [-0.4, -0.2) is 42.7 Å². The number of allylic oxidation sites excluding steroid dienone is 2. The molecule has 1 aromatic rings. The van der Waals surface area contributed by atoms with Crippen molar-refractivity contribution in [3.8, 4) is 11.5 Å². The van der Waals surface area contributed by atoms with E-state index < -0.39 is 0 Å². The first-order valence-corrected chi connectivity index (χ1v) is 11.1. The van der Waals surface area contributed by atoms with E-state index in [1.165, 1.54) is 12.8 Å². The summed E-state index contributed by atoms with van der Waals surface area (Å²) in [6, 6.07) is 5.89. The summed E-state index contributed by atoms with van der Waals surface area (Å²) in [5.74, 6) is 1.65. The summed E-state index contributed by atoms with van der Waals surface area (Å²) in [6.07, 6.45) is 10.4. The molecule has 2 aliphatic rings. The largest absolute Gasteiger partial charge is 0.493 e. The number of fused-ring (bicyclic) bond motifs is 1. The number of amides is 1. The third-order valence-corrected chi connectivity index (χ3v) is 6.08. The zero-order chi connectivity index (χ0) is 19.9. The second-order valence-electron chi connectivity index (χ2n) is 7.28. The van der Waals surface area contributed by atoms with Gasteiger partial charge in [-0.1, -0.05) is 40.9 Å². The highest BCUT2D eigenvalue weighted by Crippen LogP contribution is 2.37. The number of benzene rings is 1. The summed E-state index contributed by atoms with van der Waals surface area (Å²) in [5.41, 5.74) is 1.98. The topological polar surface area (TPSA) is 51.1 Å². The van der Waals surface area contributed by atoms with E-state index in [1.54, 1.807) is 19.2 Å². The maximum atomic E-state index is 13.0. The van der Waals surface area contributed by atoms with Crippen molar-refractivity contribution in [2.75, 3.05) is 26.1 Å². The molecule has 0 unspecified atom stereocenters. The molecule has 0 saturated carbocycles. The fraction of sp³-hybridized carbons (Fsp3) is 0.545. The minimum Gasteiger partial charge on any atom is -0.493 e. The van der Waals surface area contributed by atoms with Gasteiger partial charge >= 0.3 is 0 Å². The van der Waals surface area contributed by atoms with Crippen LogP contribution in [0.3, 0.4) is 0 Å². The number of methoxy groups -OCH3 is 2. The number of hydrogen-bond acceptors (Lipinski definition) is 4. The van der Waals surface area contributed by atoms with Gasteiger partial charge in [-0.05, 0) is 43.9 Å². The number of rotatable bonds is 9.